The Hall–Kier alpha value is -3.48. The van der Waals surface area contributed by atoms with Crippen molar-refractivity contribution in [1.29, 1.82) is 0 Å². The Morgan fingerprint density at radius 2 is 1.71 bits per heavy atom. The molecule has 2 aromatic carbocycles. The van der Waals surface area contributed by atoms with Gasteiger partial charge >= 0.3 is 5.97 Å². The molecule has 31 heavy (non-hydrogen) atoms. The average Bonchev–Trinajstić information content (AvgIpc) is 2.80. The van der Waals surface area contributed by atoms with Gasteiger partial charge in [0.15, 0.2) is 18.1 Å². The summed E-state index contributed by atoms with van der Waals surface area (Å²) in [4.78, 5) is 26.7. The number of para-hydroxylation sites is 1. The van der Waals surface area contributed by atoms with Gasteiger partial charge in [-0.3, -0.25) is 4.79 Å². The highest BCUT2D eigenvalue weighted by molar-refractivity contribution is 5.98. The summed E-state index contributed by atoms with van der Waals surface area (Å²) < 4.78 is 21.1. The van der Waals surface area contributed by atoms with Crippen molar-refractivity contribution in [2.75, 3.05) is 32.8 Å². The average molecular weight is 425 g/mol. The fourth-order valence-electron chi connectivity index (χ4n) is 3.66. The molecule has 1 unspecified atom stereocenters. The Bertz CT molecular complexity index is 984. The van der Waals surface area contributed by atoms with Gasteiger partial charge in [0, 0.05) is 29.4 Å². The molecule has 0 saturated heterocycles. The molecule has 0 spiro atoms. The van der Waals surface area contributed by atoms with Crippen LogP contribution in [0.5, 0.6) is 17.2 Å². The lowest BCUT2D eigenvalue weighted by Gasteiger charge is -2.35. The first-order valence-electron chi connectivity index (χ1n) is 10.0. The van der Waals surface area contributed by atoms with Gasteiger partial charge in [-0.2, -0.15) is 0 Å². The van der Waals surface area contributed by atoms with Gasteiger partial charge in [-0.25, -0.2) is 4.79 Å². The summed E-state index contributed by atoms with van der Waals surface area (Å²) in [5.41, 5.74) is 2.62. The normalized spacial score (nSPS) is 15.4. The zero-order valence-electron chi connectivity index (χ0n) is 18.2. The first-order valence-corrected chi connectivity index (χ1v) is 10.0. The van der Waals surface area contributed by atoms with Gasteiger partial charge in [0.2, 0.25) is 0 Å². The van der Waals surface area contributed by atoms with E-state index in [2.05, 4.69) is 0 Å². The number of fused-ring (bicyclic) bond motifs is 1. The van der Waals surface area contributed by atoms with E-state index in [1.54, 1.807) is 23.1 Å². The van der Waals surface area contributed by atoms with Crippen molar-refractivity contribution in [2.45, 2.75) is 25.8 Å². The highest BCUT2D eigenvalue weighted by atomic mass is 16.5. The Labute approximate surface area is 182 Å². The molecule has 0 N–H and O–H groups in total. The molecule has 0 saturated carbocycles. The first kappa shape index (κ1) is 22.2. The molecular weight excluding hydrogens is 398 g/mol. The monoisotopic (exact) mass is 425 g/mol. The summed E-state index contributed by atoms with van der Waals surface area (Å²) in [5, 5.41) is 0. The van der Waals surface area contributed by atoms with E-state index < -0.39 is 5.97 Å². The highest BCUT2D eigenvalue weighted by Gasteiger charge is 2.28. The summed E-state index contributed by atoms with van der Waals surface area (Å²) in [6.45, 7) is 1.67. The number of amides is 1. The number of rotatable bonds is 7. The van der Waals surface area contributed by atoms with E-state index in [9.17, 15) is 9.59 Å². The fourth-order valence-corrected chi connectivity index (χ4v) is 3.66. The van der Waals surface area contributed by atoms with Crippen molar-refractivity contribution >= 4 is 23.6 Å². The summed E-state index contributed by atoms with van der Waals surface area (Å²) >= 11 is 0. The number of benzene rings is 2. The summed E-state index contributed by atoms with van der Waals surface area (Å²) in [6.07, 6.45) is 4.60. The molecule has 2 aromatic rings. The third kappa shape index (κ3) is 4.99. The predicted molar refractivity (Wildman–Crippen MR) is 118 cm³/mol. The zero-order valence-corrected chi connectivity index (χ0v) is 18.2. The van der Waals surface area contributed by atoms with Gasteiger partial charge in [0.1, 0.15) is 5.75 Å². The number of aryl methyl sites for hydroxylation is 1. The second kappa shape index (κ2) is 10.0. The molecule has 1 aliphatic rings. The lowest BCUT2D eigenvalue weighted by molar-refractivity contribution is -0.143. The molecule has 7 nitrogen and oxygen atoms in total. The van der Waals surface area contributed by atoms with E-state index in [1.165, 1.54) is 27.4 Å². The maximum atomic E-state index is 12.8. The Balaban J connectivity index is 1.67. The largest absolute Gasteiger partial charge is 0.496 e. The first-order chi connectivity index (χ1) is 15.0. The second-order valence-corrected chi connectivity index (χ2v) is 7.17. The highest BCUT2D eigenvalue weighted by Crippen LogP contribution is 2.35. The SMILES string of the molecule is COc1cc(OC)c(OC)cc1/C=C/C(=O)OCC(=O)N1c2ccccc2CCC1C. The molecule has 0 fully saturated rings. The van der Waals surface area contributed by atoms with Crippen LogP contribution in [0.25, 0.3) is 6.08 Å². The maximum Gasteiger partial charge on any atom is 0.331 e. The minimum atomic E-state index is -0.622. The van der Waals surface area contributed by atoms with Crippen molar-refractivity contribution in [3.05, 3.63) is 53.6 Å². The molecule has 0 aliphatic carbocycles. The fraction of sp³-hybridized carbons (Fsp3) is 0.333. The predicted octanol–water partition coefficient (Wildman–Crippen LogP) is 3.64. The van der Waals surface area contributed by atoms with Gasteiger partial charge in [0.05, 0.1) is 21.3 Å². The van der Waals surface area contributed by atoms with E-state index in [0.717, 1.165) is 24.1 Å². The molecule has 7 heteroatoms. The summed E-state index contributed by atoms with van der Waals surface area (Å²) in [7, 11) is 4.58. The van der Waals surface area contributed by atoms with Gasteiger partial charge in [-0.15, -0.1) is 0 Å². The van der Waals surface area contributed by atoms with E-state index in [4.69, 9.17) is 18.9 Å². The molecule has 0 aromatic heterocycles. The number of carbonyl (C=O) groups is 2. The molecule has 3 rings (SSSR count). The van der Waals surface area contributed by atoms with Crippen LogP contribution in [-0.4, -0.2) is 45.9 Å². The minimum absolute atomic E-state index is 0.0488. The topological polar surface area (TPSA) is 74.3 Å². The van der Waals surface area contributed by atoms with Crippen LogP contribution in [0.4, 0.5) is 5.69 Å². The van der Waals surface area contributed by atoms with Crippen molar-refractivity contribution in [3.63, 3.8) is 0 Å². The number of nitrogens with zero attached hydrogens (tertiary/aromatic N) is 1. The van der Waals surface area contributed by atoms with Crippen LogP contribution >= 0.6 is 0 Å². The second-order valence-electron chi connectivity index (χ2n) is 7.17. The third-order valence-corrected chi connectivity index (χ3v) is 5.26. The molecule has 164 valence electrons. The van der Waals surface area contributed by atoms with E-state index in [0.29, 0.717) is 22.8 Å². The zero-order chi connectivity index (χ0) is 22.4. The van der Waals surface area contributed by atoms with E-state index >= 15 is 0 Å². The molecule has 1 aliphatic heterocycles. The van der Waals surface area contributed by atoms with Gasteiger partial charge in [-0.05, 0) is 43.5 Å². The van der Waals surface area contributed by atoms with Crippen molar-refractivity contribution < 1.29 is 28.5 Å². The van der Waals surface area contributed by atoms with Crippen molar-refractivity contribution in [2.24, 2.45) is 0 Å². The molecule has 1 atom stereocenters. The van der Waals surface area contributed by atoms with Crippen molar-refractivity contribution in [3.8, 4) is 17.2 Å². The quantitative estimate of drug-likeness (QED) is 0.498. The third-order valence-electron chi connectivity index (χ3n) is 5.26. The number of ether oxygens (including phenoxy) is 4. The van der Waals surface area contributed by atoms with Crippen LogP contribution in [-0.2, 0) is 20.7 Å². The van der Waals surface area contributed by atoms with Gasteiger partial charge in [0.25, 0.3) is 5.91 Å². The number of anilines is 1. The van der Waals surface area contributed by atoms with Gasteiger partial charge < -0.3 is 23.8 Å². The lowest BCUT2D eigenvalue weighted by atomic mass is 9.96. The summed E-state index contributed by atoms with van der Waals surface area (Å²) in [6, 6.07) is 11.2. The molecule has 0 bridgehead atoms. The van der Waals surface area contributed by atoms with Crippen LogP contribution in [0.15, 0.2) is 42.5 Å². The van der Waals surface area contributed by atoms with Crippen LogP contribution in [0.1, 0.15) is 24.5 Å². The number of carbonyl (C=O) groups excluding carboxylic acids is 2. The molecule has 0 radical (unpaired) electrons. The Morgan fingerprint density at radius 1 is 1.03 bits per heavy atom. The molecule has 1 amide bonds. The van der Waals surface area contributed by atoms with Crippen LogP contribution < -0.4 is 19.1 Å². The number of methoxy groups -OCH3 is 3. The number of hydrogen-bond donors (Lipinski definition) is 0. The summed E-state index contributed by atoms with van der Waals surface area (Å²) in [5.74, 6) is 0.662. The minimum Gasteiger partial charge on any atom is -0.496 e. The van der Waals surface area contributed by atoms with Crippen molar-refractivity contribution in [1.82, 2.24) is 0 Å². The lowest BCUT2D eigenvalue weighted by Crippen LogP contribution is -2.44. The van der Waals surface area contributed by atoms with E-state index in [1.807, 2.05) is 31.2 Å². The maximum absolute atomic E-state index is 12.8. The standard InChI is InChI=1S/C24H27NO6/c1-16-9-10-17-7-5-6-8-19(17)25(16)23(26)15-31-24(27)12-11-18-13-21(29-3)22(30-4)14-20(18)28-2/h5-8,11-14,16H,9-10,15H2,1-4H3/b12-11+. The number of esters is 1. The molecular formula is C24H27NO6. The Kier molecular flexibility index (Phi) is 7.18. The van der Waals surface area contributed by atoms with E-state index in [-0.39, 0.29) is 18.6 Å². The number of hydrogen-bond acceptors (Lipinski definition) is 6. The smallest absolute Gasteiger partial charge is 0.331 e. The van der Waals surface area contributed by atoms with Crippen LogP contribution in [0.2, 0.25) is 0 Å². The van der Waals surface area contributed by atoms with Gasteiger partial charge in [-0.1, -0.05) is 18.2 Å². The Morgan fingerprint density at radius 3 is 2.42 bits per heavy atom. The molecule has 1 heterocycles. The van der Waals surface area contributed by atoms with Crippen LogP contribution in [0, 0.1) is 0 Å². The van der Waals surface area contributed by atoms with Crippen LogP contribution in [0.3, 0.4) is 0 Å².